The van der Waals surface area contributed by atoms with Crippen molar-refractivity contribution in [3.05, 3.63) is 41.0 Å². The number of nitrogens with zero attached hydrogens (tertiary/aromatic N) is 3. The molecule has 39 heavy (non-hydrogen) atoms. The molecule has 2 amide bonds. The minimum atomic E-state index is -0.675. The van der Waals surface area contributed by atoms with Gasteiger partial charge in [-0.3, -0.25) is 9.69 Å². The largest absolute Gasteiger partial charge is 0.494 e. The van der Waals surface area contributed by atoms with E-state index in [9.17, 15) is 14.7 Å². The standard InChI is InChI=1S/C28H34N4O5S2/c1-28(2,3)37-27(35)32(14-17-10-13-21-25(29-17)30-22(33)15-38-21)18-11-8-16(9-12-18)24(34)26-31-23-19(36-4)6-5-7-20(23)39-26/h5-7,10,13,16,18,24,34H,8-9,11-12,14-15H2,1-4H3,(H,29,30,33)/t16-,18-,24?. The zero-order chi connectivity index (χ0) is 27.7. The smallest absolute Gasteiger partial charge is 0.410 e. The van der Waals surface area contributed by atoms with Crippen LogP contribution < -0.4 is 10.1 Å². The topological polar surface area (TPSA) is 114 Å². The van der Waals surface area contributed by atoms with Crippen LogP contribution >= 0.6 is 23.1 Å². The number of carbonyl (C=O) groups is 2. The summed E-state index contributed by atoms with van der Waals surface area (Å²) in [4.78, 5) is 37.2. The van der Waals surface area contributed by atoms with Gasteiger partial charge in [-0.25, -0.2) is 14.8 Å². The molecular formula is C28H34N4O5S2. The van der Waals surface area contributed by atoms with Gasteiger partial charge in [0, 0.05) is 6.04 Å². The highest BCUT2D eigenvalue weighted by molar-refractivity contribution is 8.00. The second-order valence-corrected chi connectivity index (χ2v) is 13.0. The Morgan fingerprint density at radius 1 is 1.18 bits per heavy atom. The number of methoxy groups -OCH3 is 1. The minimum absolute atomic E-state index is 0.0439. The Morgan fingerprint density at radius 3 is 2.67 bits per heavy atom. The van der Waals surface area contributed by atoms with Crippen LogP contribution in [0.3, 0.4) is 0 Å². The third kappa shape index (κ3) is 6.31. The number of amides is 2. The van der Waals surface area contributed by atoms with Crippen molar-refractivity contribution >= 4 is 51.1 Å². The van der Waals surface area contributed by atoms with Crippen LogP contribution in [0.25, 0.3) is 10.2 Å². The summed E-state index contributed by atoms with van der Waals surface area (Å²) in [6, 6.07) is 9.57. The number of nitrogens with one attached hydrogen (secondary N) is 1. The zero-order valence-electron chi connectivity index (χ0n) is 22.6. The van der Waals surface area contributed by atoms with Crippen molar-refractivity contribution in [3.63, 3.8) is 0 Å². The SMILES string of the molecule is COc1cccc2sc(C(O)[C@H]3CC[C@H](N(Cc4ccc5c(n4)NC(=O)CS5)C(=O)OC(C)(C)C)CC3)nc12. The number of rotatable bonds is 6. The molecule has 1 aliphatic heterocycles. The molecule has 9 nitrogen and oxygen atoms in total. The van der Waals surface area contributed by atoms with Crippen molar-refractivity contribution in [2.75, 3.05) is 18.2 Å². The molecule has 1 aliphatic carbocycles. The molecule has 0 spiro atoms. The molecule has 0 radical (unpaired) electrons. The van der Waals surface area contributed by atoms with Gasteiger partial charge in [0.1, 0.15) is 33.8 Å². The van der Waals surface area contributed by atoms with E-state index in [2.05, 4.69) is 10.3 Å². The van der Waals surface area contributed by atoms with Gasteiger partial charge in [-0.2, -0.15) is 0 Å². The minimum Gasteiger partial charge on any atom is -0.494 e. The average molecular weight is 571 g/mol. The van der Waals surface area contributed by atoms with E-state index in [1.807, 2.05) is 51.1 Å². The van der Waals surface area contributed by atoms with E-state index in [1.165, 1.54) is 23.1 Å². The lowest BCUT2D eigenvalue weighted by Crippen LogP contribution is -2.45. The Labute approximate surface area is 236 Å². The highest BCUT2D eigenvalue weighted by atomic mass is 32.2. The van der Waals surface area contributed by atoms with Crippen LogP contribution in [0.1, 0.15) is 63.3 Å². The molecule has 1 aromatic carbocycles. The van der Waals surface area contributed by atoms with Crippen LogP contribution in [0.2, 0.25) is 0 Å². The maximum Gasteiger partial charge on any atom is 0.410 e. The molecule has 0 bridgehead atoms. The summed E-state index contributed by atoms with van der Waals surface area (Å²) in [5.41, 5.74) is 0.828. The second-order valence-electron chi connectivity index (χ2n) is 11.0. The molecule has 2 N–H and O–H groups in total. The summed E-state index contributed by atoms with van der Waals surface area (Å²) in [7, 11) is 1.62. The molecule has 1 atom stereocenters. The lowest BCUT2D eigenvalue weighted by molar-refractivity contribution is -0.113. The fourth-order valence-electron chi connectivity index (χ4n) is 5.09. The molecule has 3 heterocycles. The molecule has 208 valence electrons. The Morgan fingerprint density at radius 2 is 1.95 bits per heavy atom. The van der Waals surface area contributed by atoms with Gasteiger partial charge in [0.05, 0.1) is 34.7 Å². The van der Waals surface area contributed by atoms with Crippen LogP contribution in [-0.4, -0.2) is 56.5 Å². The molecule has 2 aliphatic rings. The van der Waals surface area contributed by atoms with Gasteiger partial charge < -0.3 is 19.9 Å². The lowest BCUT2D eigenvalue weighted by atomic mass is 9.82. The molecule has 0 saturated heterocycles. The molecule has 2 aromatic heterocycles. The third-order valence-electron chi connectivity index (χ3n) is 6.99. The number of aromatic nitrogens is 2. The highest BCUT2D eigenvalue weighted by Gasteiger charge is 2.35. The van der Waals surface area contributed by atoms with E-state index < -0.39 is 11.7 Å². The predicted molar refractivity (Wildman–Crippen MR) is 152 cm³/mol. The van der Waals surface area contributed by atoms with Gasteiger partial charge in [0.2, 0.25) is 5.91 Å². The maximum atomic E-state index is 13.3. The number of carbonyl (C=O) groups excluding carboxylic acids is 2. The number of aliphatic hydroxyl groups excluding tert-OH is 1. The molecule has 11 heteroatoms. The average Bonchev–Trinajstić information content (AvgIpc) is 3.35. The van der Waals surface area contributed by atoms with E-state index in [0.717, 1.165) is 40.8 Å². The van der Waals surface area contributed by atoms with Crippen molar-refractivity contribution in [2.45, 2.75) is 75.6 Å². The molecule has 1 unspecified atom stereocenters. The summed E-state index contributed by atoms with van der Waals surface area (Å²) in [5, 5.41) is 14.7. The van der Waals surface area contributed by atoms with E-state index >= 15 is 0 Å². The van der Waals surface area contributed by atoms with Crippen LogP contribution in [-0.2, 0) is 16.1 Å². The first-order chi connectivity index (χ1) is 18.6. The molecular weight excluding hydrogens is 536 g/mol. The van der Waals surface area contributed by atoms with Crippen molar-refractivity contribution in [3.8, 4) is 5.75 Å². The maximum absolute atomic E-state index is 13.3. The number of benzene rings is 1. The summed E-state index contributed by atoms with van der Waals surface area (Å²) in [6.45, 7) is 5.84. The molecule has 1 fully saturated rings. The Kier molecular flexibility index (Phi) is 8.02. The van der Waals surface area contributed by atoms with Crippen molar-refractivity contribution < 1.29 is 24.2 Å². The van der Waals surface area contributed by atoms with E-state index in [0.29, 0.717) is 28.0 Å². The second kappa shape index (κ2) is 11.3. The predicted octanol–water partition coefficient (Wildman–Crippen LogP) is 5.77. The first-order valence-electron chi connectivity index (χ1n) is 13.1. The number of anilines is 1. The van der Waals surface area contributed by atoms with Crippen molar-refractivity contribution in [1.82, 2.24) is 14.9 Å². The monoisotopic (exact) mass is 570 g/mol. The number of hydrogen-bond acceptors (Lipinski definition) is 9. The molecule has 3 aromatic rings. The van der Waals surface area contributed by atoms with Gasteiger partial charge >= 0.3 is 6.09 Å². The number of pyridine rings is 1. The quantitative estimate of drug-likeness (QED) is 0.384. The number of thioether (sulfide) groups is 1. The number of ether oxygens (including phenoxy) is 2. The van der Waals surface area contributed by atoms with Gasteiger partial charge in [0.25, 0.3) is 0 Å². The number of aliphatic hydroxyl groups is 1. The van der Waals surface area contributed by atoms with Crippen molar-refractivity contribution in [1.29, 1.82) is 0 Å². The van der Waals surface area contributed by atoms with Gasteiger partial charge in [-0.05, 0) is 76.6 Å². The normalized spacial score (nSPS) is 20.2. The Bertz CT molecular complexity index is 1360. The van der Waals surface area contributed by atoms with E-state index in [-0.39, 0.29) is 30.5 Å². The van der Waals surface area contributed by atoms with Gasteiger partial charge in [-0.1, -0.05) is 6.07 Å². The summed E-state index contributed by atoms with van der Waals surface area (Å²) >= 11 is 2.95. The Hall–Kier alpha value is -2.89. The Balaban J connectivity index is 1.30. The number of para-hydroxylation sites is 1. The number of thiazole rings is 1. The van der Waals surface area contributed by atoms with Crippen LogP contribution in [0.4, 0.5) is 10.6 Å². The third-order valence-corrected chi connectivity index (χ3v) is 9.13. The van der Waals surface area contributed by atoms with Gasteiger partial charge in [-0.15, -0.1) is 23.1 Å². The number of fused-ring (bicyclic) bond motifs is 2. The molecule has 5 rings (SSSR count). The first-order valence-corrected chi connectivity index (χ1v) is 14.9. The summed E-state index contributed by atoms with van der Waals surface area (Å²) < 4.78 is 12.2. The zero-order valence-corrected chi connectivity index (χ0v) is 24.2. The highest BCUT2D eigenvalue weighted by Crippen LogP contribution is 2.40. The summed E-state index contributed by atoms with van der Waals surface area (Å²) in [5.74, 6) is 1.58. The number of hydrogen-bond donors (Lipinski definition) is 2. The van der Waals surface area contributed by atoms with Crippen molar-refractivity contribution in [2.24, 2.45) is 5.92 Å². The van der Waals surface area contributed by atoms with E-state index in [1.54, 1.807) is 12.0 Å². The van der Waals surface area contributed by atoms with Crippen LogP contribution in [0.15, 0.2) is 35.2 Å². The van der Waals surface area contributed by atoms with E-state index in [4.69, 9.17) is 14.5 Å². The fourth-order valence-corrected chi connectivity index (χ4v) is 6.91. The van der Waals surface area contributed by atoms with Crippen LogP contribution in [0, 0.1) is 5.92 Å². The lowest BCUT2D eigenvalue weighted by Gasteiger charge is -2.38. The molecule has 1 saturated carbocycles. The first kappa shape index (κ1) is 27.7. The fraction of sp³-hybridized carbons (Fsp3) is 0.500. The van der Waals surface area contributed by atoms with Gasteiger partial charge in [0.15, 0.2) is 0 Å². The summed E-state index contributed by atoms with van der Waals surface area (Å²) in [6.07, 6.45) is 1.90. The van der Waals surface area contributed by atoms with Crippen LogP contribution in [0.5, 0.6) is 5.75 Å².